The molecule has 0 unspecified atom stereocenters. The van der Waals surface area contributed by atoms with E-state index in [0.29, 0.717) is 11.5 Å². The largest absolute Gasteiger partial charge is 0.394 e. The lowest BCUT2D eigenvalue weighted by Gasteiger charge is -2.21. The summed E-state index contributed by atoms with van der Waals surface area (Å²) < 4.78 is 0. The average Bonchev–Trinajstić information content (AvgIpc) is 2.59. The number of nitrogens with one attached hydrogen (secondary N) is 1. The number of benzene rings is 1. The average molecular weight is 314 g/mol. The third-order valence-corrected chi connectivity index (χ3v) is 3.67. The second-order valence-corrected chi connectivity index (χ2v) is 5.67. The molecule has 0 saturated carbocycles. The van der Waals surface area contributed by atoms with Gasteiger partial charge in [0.1, 0.15) is 17.8 Å². The van der Waals surface area contributed by atoms with Crippen molar-refractivity contribution in [3.63, 3.8) is 0 Å². The molecule has 6 heteroatoms. The topological polar surface area (TPSA) is 78.4 Å². The predicted molar refractivity (Wildman–Crippen MR) is 90.5 cm³/mol. The Kier molecular flexibility index (Phi) is 5.65. The smallest absolute Gasteiger partial charge is 0.276 e. The monoisotopic (exact) mass is 314 g/mol. The van der Waals surface area contributed by atoms with E-state index in [1.807, 2.05) is 44.2 Å². The fraction of sp³-hybridized carbons (Fsp3) is 0.353. The Morgan fingerprint density at radius 3 is 2.57 bits per heavy atom. The molecule has 1 aromatic heterocycles. The number of carbonyl (C=O) groups excluding carboxylic acids is 1. The van der Waals surface area contributed by atoms with Crippen molar-refractivity contribution in [1.82, 2.24) is 9.97 Å². The number of aromatic nitrogens is 2. The molecule has 0 radical (unpaired) electrons. The molecule has 1 atom stereocenters. The van der Waals surface area contributed by atoms with E-state index in [2.05, 4.69) is 15.3 Å². The number of para-hydroxylation sites is 1. The van der Waals surface area contributed by atoms with Gasteiger partial charge in [-0.1, -0.05) is 32.0 Å². The van der Waals surface area contributed by atoms with Crippen LogP contribution in [-0.4, -0.2) is 40.7 Å². The Morgan fingerprint density at radius 2 is 1.96 bits per heavy atom. The number of amides is 1. The predicted octanol–water partition coefficient (Wildman–Crippen LogP) is 2.18. The van der Waals surface area contributed by atoms with Gasteiger partial charge in [-0.2, -0.15) is 0 Å². The summed E-state index contributed by atoms with van der Waals surface area (Å²) in [5.74, 6) is 0.547. The molecule has 0 spiro atoms. The van der Waals surface area contributed by atoms with Gasteiger partial charge in [-0.25, -0.2) is 9.97 Å². The molecule has 0 bridgehead atoms. The number of aliphatic hydroxyl groups excluding tert-OH is 1. The van der Waals surface area contributed by atoms with E-state index in [0.717, 1.165) is 5.69 Å². The first-order valence-corrected chi connectivity index (χ1v) is 7.55. The van der Waals surface area contributed by atoms with Crippen LogP contribution in [0.2, 0.25) is 0 Å². The molecule has 2 rings (SSSR count). The minimum absolute atomic E-state index is 0.00509. The molecule has 0 aliphatic heterocycles. The molecule has 2 aromatic rings. The maximum Gasteiger partial charge on any atom is 0.276 e. The molecule has 0 saturated heterocycles. The van der Waals surface area contributed by atoms with Gasteiger partial charge in [0.2, 0.25) is 0 Å². The Morgan fingerprint density at radius 1 is 1.26 bits per heavy atom. The van der Waals surface area contributed by atoms with Crippen molar-refractivity contribution in [2.75, 3.05) is 23.9 Å². The van der Waals surface area contributed by atoms with Gasteiger partial charge in [0.15, 0.2) is 0 Å². The van der Waals surface area contributed by atoms with Gasteiger partial charge in [0.25, 0.3) is 5.91 Å². The van der Waals surface area contributed by atoms with E-state index in [4.69, 9.17) is 0 Å². The van der Waals surface area contributed by atoms with Gasteiger partial charge in [-0.3, -0.25) is 4.79 Å². The SMILES string of the molecule is CC(C)[C@H](CO)Nc1cc(C(=O)N(C)c2ccccc2)ncn1. The third kappa shape index (κ3) is 4.26. The number of hydrogen-bond acceptors (Lipinski definition) is 5. The van der Waals surface area contributed by atoms with Crippen LogP contribution in [0.4, 0.5) is 11.5 Å². The van der Waals surface area contributed by atoms with Gasteiger partial charge >= 0.3 is 0 Å². The van der Waals surface area contributed by atoms with Gasteiger partial charge in [0.05, 0.1) is 12.6 Å². The van der Waals surface area contributed by atoms with Crippen LogP contribution >= 0.6 is 0 Å². The second kappa shape index (κ2) is 7.69. The summed E-state index contributed by atoms with van der Waals surface area (Å²) in [4.78, 5) is 22.3. The third-order valence-electron chi connectivity index (χ3n) is 3.67. The number of anilines is 2. The van der Waals surface area contributed by atoms with Crippen LogP contribution < -0.4 is 10.2 Å². The summed E-state index contributed by atoms with van der Waals surface area (Å²) in [7, 11) is 1.71. The van der Waals surface area contributed by atoms with Crippen LogP contribution in [-0.2, 0) is 0 Å². The lowest BCUT2D eigenvalue weighted by Crippen LogP contribution is -2.30. The first kappa shape index (κ1) is 16.9. The summed E-state index contributed by atoms with van der Waals surface area (Å²) in [6.07, 6.45) is 1.35. The van der Waals surface area contributed by atoms with E-state index < -0.39 is 0 Å². The zero-order valence-electron chi connectivity index (χ0n) is 13.6. The zero-order chi connectivity index (χ0) is 16.8. The molecule has 6 nitrogen and oxygen atoms in total. The van der Waals surface area contributed by atoms with Crippen molar-refractivity contribution in [3.05, 3.63) is 48.4 Å². The maximum atomic E-state index is 12.5. The fourth-order valence-corrected chi connectivity index (χ4v) is 2.11. The number of nitrogens with zero attached hydrogens (tertiary/aromatic N) is 3. The normalized spacial score (nSPS) is 12.0. The minimum Gasteiger partial charge on any atom is -0.394 e. The highest BCUT2D eigenvalue weighted by Gasteiger charge is 2.17. The van der Waals surface area contributed by atoms with Crippen LogP contribution in [0.3, 0.4) is 0 Å². The van der Waals surface area contributed by atoms with Crippen molar-refractivity contribution >= 4 is 17.4 Å². The summed E-state index contributed by atoms with van der Waals surface area (Å²) in [6.45, 7) is 4.00. The summed E-state index contributed by atoms with van der Waals surface area (Å²) in [6, 6.07) is 10.8. The van der Waals surface area contributed by atoms with Gasteiger partial charge in [0, 0.05) is 18.8 Å². The van der Waals surface area contributed by atoms with Crippen molar-refractivity contribution < 1.29 is 9.90 Å². The standard InChI is InChI=1S/C17H22N4O2/c1-12(2)15(10-22)20-16-9-14(18-11-19-16)17(23)21(3)13-7-5-4-6-8-13/h4-9,11-12,15,22H,10H2,1-3H3,(H,18,19,20)/t15-/m0/s1. The van der Waals surface area contributed by atoms with Crippen LogP contribution in [0.15, 0.2) is 42.7 Å². The van der Waals surface area contributed by atoms with E-state index >= 15 is 0 Å². The summed E-state index contributed by atoms with van der Waals surface area (Å²) >= 11 is 0. The lowest BCUT2D eigenvalue weighted by atomic mass is 10.1. The van der Waals surface area contributed by atoms with Crippen LogP contribution in [0, 0.1) is 5.92 Å². The van der Waals surface area contributed by atoms with Crippen molar-refractivity contribution in [2.24, 2.45) is 5.92 Å². The molecule has 2 N–H and O–H groups in total. The molecule has 0 fully saturated rings. The Labute approximate surface area is 136 Å². The molecule has 1 aromatic carbocycles. The molecule has 1 heterocycles. The highest BCUT2D eigenvalue weighted by atomic mass is 16.3. The minimum atomic E-state index is -0.216. The van der Waals surface area contributed by atoms with E-state index in [-0.39, 0.29) is 24.5 Å². The lowest BCUT2D eigenvalue weighted by molar-refractivity contribution is 0.0988. The highest BCUT2D eigenvalue weighted by Crippen LogP contribution is 2.16. The van der Waals surface area contributed by atoms with Crippen LogP contribution in [0.25, 0.3) is 0 Å². The highest BCUT2D eigenvalue weighted by molar-refractivity contribution is 6.04. The number of carbonyl (C=O) groups is 1. The van der Waals surface area contributed by atoms with E-state index in [1.165, 1.54) is 11.2 Å². The fourth-order valence-electron chi connectivity index (χ4n) is 2.11. The Balaban J connectivity index is 2.17. The first-order chi connectivity index (χ1) is 11.0. The van der Waals surface area contributed by atoms with Gasteiger partial charge < -0.3 is 15.3 Å². The quantitative estimate of drug-likeness (QED) is 0.854. The molecular formula is C17H22N4O2. The Hall–Kier alpha value is -2.47. The number of aliphatic hydroxyl groups is 1. The number of rotatable bonds is 6. The van der Waals surface area contributed by atoms with Crippen LogP contribution in [0.5, 0.6) is 0 Å². The van der Waals surface area contributed by atoms with E-state index in [1.54, 1.807) is 13.1 Å². The molecule has 0 aliphatic carbocycles. The second-order valence-electron chi connectivity index (χ2n) is 5.67. The Bertz CT molecular complexity index is 646. The maximum absolute atomic E-state index is 12.5. The van der Waals surface area contributed by atoms with Crippen LogP contribution in [0.1, 0.15) is 24.3 Å². The van der Waals surface area contributed by atoms with Gasteiger partial charge in [-0.15, -0.1) is 0 Å². The zero-order valence-corrected chi connectivity index (χ0v) is 13.6. The number of hydrogen-bond donors (Lipinski definition) is 2. The van der Waals surface area contributed by atoms with Crippen molar-refractivity contribution in [2.45, 2.75) is 19.9 Å². The first-order valence-electron chi connectivity index (χ1n) is 7.55. The van der Waals surface area contributed by atoms with Crippen molar-refractivity contribution in [1.29, 1.82) is 0 Å². The van der Waals surface area contributed by atoms with Crippen molar-refractivity contribution in [3.8, 4) is 0 Å². The summed E-state index contributed by atoms with van der Waals surface area (Å²) in [5.41, 5.74) is 1.09. The molecule has 23 heavy (non-hydrogen) atoms. The van der Waals surface area contributed by atoms with Gasteiger partial charge in [-0.05, 0) is 18.1 Å². The molecular weight excluding hydrogens is 292 g/mol. The molecule has 122 valence electrons. The molecule has 1 amide bonds. The summed E-state index contributed by atoms with van der Waals surface area (Å²) in [5, 5.41) is 12.5. The van der Waals surface area contributed by atoms with E-state index in [9.17, 15) is 9.90 Å². The molecule has 0 aliphatic rings.